The monoisotopic (exact) mass is 566 g/mol. The molecular formula is C22H23F5N4O4S2. The van der Waals surface area contributed by atoms with E-state index in [1.807, 2.05) is 0 Å². The Kier molecular flexibility index (Phi) is 6.87. The third kappa shape index (κ3) is 6.61. The molecule has 0 saturated heterocycles. The maximum absolute atomic E-state index is 13.1. The van der Waals surface area contributed by atoms with Gasteiger partial charge in [-0.3, -0.25) is 0 Å². The first-order valence-corrected chi connectivity index (χ1v) is 13.7. The van der Waals surface area contributed by atoms with E-state index in [9.17, 15) is 27.8 Å². The van der Waals surface area contributed by atoms with Crippen LogP contribution in [-0.4, -0.2) is 37.9 Å². The number of rotatable bonds is 9. The number of hydrogen-bond donors (Lipinski definition) is 3. The van der Waals surface area contributed by atoms with Gasteiger partial charge in [0.2, 0.25) is 10.0 Å². The molecule has 4 N–H and O–H groups in total. The Morgan fingerprint density at radius 1 is 1.03 bits per heavy atom. The van der Waals surface area contributed by atoms with Crippen LogP contribution in [0.2, 0.25) is 0 Å². The summed E-state index contributed by atoms with van der Waals surface area (Å²) in [5, 5.41) is 14.7. The summed E-state index contributed by atoms with van der Waals surface area (Å²) >= 11 is 0. The predicted octanol–water partition coefficient (Wildman–Crippen LogP) is 6.01. The number of sulfonamides is 1. The van der Waals surface area contributed by atoms with E-state index in [-0.39, 0.29) is 40.5 Å². The zero-order chi connectivity index (χ0) is 27.7. The van der Waals surface area contributed by atoms with Crippen LogP contribution >= 0.6 is 10.2 Å². The largest absolute Gasteiger partial charge is 0.497 e. The summed E-state index contributed by atoms with van der Waals surface area (Å²) in [5.74, 6) is 0.102. The van der Waals surface area contributed by atoms with Crippen LogP contribution < -0.4 is 15.8 Å². The molecule has 0 saturated carbocycles. The van der Waals surface area contributed by atoms with E-state index in [0.717, 1.165) is 22.5 Å². The molecule has 8 nitrogen and oxygen atoms in total. The van der Waals surface area contributed by atoms with E-state index < -0.39 is 31.0 Å². The third-order valence-electron chi connectivity index (χ3n) is 5.23. The van der Waals surface area contributed by atoms with Gasteiger partial charge in [0.05, 0.1) is 12.0 Å². The summed E-state index contributed by atoms with van der Waals surface area (Å²) in [6.07, 6.45) is 0. The van der Waals surface area contributed by atoms with Crippen molar-refractivity contribution in [3.05, 3.63) is 77.9 Å². The van der Waals surface area contributed by atoms with Gasteiger partial charge in [-0.05, 0) is 60.2 Å². The number of hydrogen-bond acceptors (Lipinski definition) is 6. The van der Waals surface area contributed by atoms with E-state index in [0.29, 0.717) is 11.3 Å². The maximum Gasteiger partial charge on any atom is 0.310 e. The van der Waals surface area contributed by atoms with Crippen molar-refractivity contribution in [2.45, 2.75) is 16.3 Å². The van der Waals surface area contributed by atoms with Crippen molar-refractivity contribution in [2.75, 3.05) is 19.5 Å². The van der Waals surface area contributed by atoms with Gasteiger partial charge in [0.15, 0.2) is 5.84 Å². The molecule has 3 rings (SSSR count). The van der Waals surface area contributed by atoms with Gasteiger partial charge in [-0.1, -0.05) is 36.7 Å². The van der Waals surface area contributed by atoms with Crippen molar-refractivity contribution in [2.24, 2.45) is 10.9 Å². The standard InChI is InChI=1S/C22H23F5N4O4S2/c1-31(14-15-3-7-17(35-2)8-4-15)36(33,34)18-9-12-21(20(13-18)22(28)30-32)29-16-5-10-19(11-6-16)37(23,24,25,26)27/h3-13,29,32H,14H2,1-2H3,(H2,28,30). The number of nitrogens with zero attached hydrogens (tertiary/aromatic N) is 2. The van der Waals surface area contributed by atoms with Crippen LogP contribution in [0.15, 0.2) is 81.7 Å². The predicted molar refractivity (Wildman–Crippen MR) is 132 cm³/mol. The Morgan fingerprint density at radius 2 is 1.62 bits per heavy atom. The minimum atomic E-state index is -9.85. The molecule has 0 aliphatic heterocycles. The number of anilines is 2. The summed E-state index contributed by atoms with van der Waals surface area (Å²) in [5.41, 5.74) is 6.29. The topological polar surface area (TPSA) is 117 Å². The smallest absolute Gasteiger partial charge is 0.310 e. The summed E-state index contributed by atoms with van der Waals surface area (Å²) < 4.78 is 97.3. The number of nitrogens with two attached hydrogens (primary N) is 1. The van der Waals surface area contributed by atoms with Crippen LogP contribution in [0.3, 0.4) is 0 Å². The molecule has 0 aliphatic rings. The van der Waals surface area contributed by atoms with E-state index >= 15 is 0 Å². The van der Waals surface area contributed by atoms with Crippen molar-refractivity contribution < 1.29 is 37.8 Å². The molecule has 15 heteroatoms. The fourth-order valence-corrected chi connectivity index (χ4v) is 5.10. The number of methoxy groups -OCH3 is 1. The number of ether oxygens (including phenoxy) is 1. The second kappa shape index (κ2) is 9.08. The highest BCUT2D eigenvalue weighted by Crippen LogP contribution is 3.02. The average molecular weight is 567 g/mol. The molecule has 0 aliphatic carbocycles. The fourth-order valence-electron chi connectivity index (χ4n) is 3.26. The molecule has 0 heterocycles. The zero-order valence-electron chi connectivity index (χ0n) is 19.4. The first-order chi connectivity index (χ1) is 16.9. The van der Waals surface area contributed by atoms with Gasteiger partial charge in [0.25, 0.3) is 0 Å². The Balaban J connectivity index is 1.91. The normalized spacial score (nSPS) is 14.6. The first-order valence-electron chi connectivity index (χ1n) is 10.3. The SMILES string of the molecule is COc1ccc(CN(C)S(=O)(=O)c2ccc(Nc3ccc(S(F)(F)(F)(F)F)cc3)c(/C(N)=N/O)c2)cc1. The summed E-state index contributed by atoms with van der Waals surface area (Å²) in [6, 6.07) is 12.3. The molecule has 0 fully saturated rings. The molecule has 3 aromatic carbocycles. The van der Waals surface area contributed by atoms with Crippen molar-refractivity contribution in [3.8, 4) is 5.75 Å². The van der Waals surface area contributed by atoms with Crippen LogP contribution in [0.4, 0.5) is 30.8 Å². The highest BCUT2D eigenvalue weighted by Gasteiger charge is 2.65. The molecule has 0 spiro atoms. The molecule has 0 aromatic heterocycles. The van der Waals surface area contributed by atoms with Crippen LogP contribution in [0.5, 0.6) is 5.75 Å². The molecule has 0 amide bonds. The second-order valence-corrected chi connectivity index (χ2v) is 12.4. The number of nitrogens with one attached hydrogen (secondary N) is 1. The highest BCUT2D eigenvalue weighted by atomic mass is 32.5. The fraction of sp³-hybridized carbons (Fsp3) is 0.136. The van der Waals surface area contributed by atoms with Crippen LogP contribution in [0, 0.1) is 0 Å². The molecule has 0 unspecified atom stereocenters. The van der Waals surface area contributed by atoms with Gasteiger partial charge in [-0.25, -0.2) is 8.42 Å². The molecular weight excluding hydrogens is 543 g/mol. The summed E-state index contributed by atoms with van der Waals surface area (Å²) in [6.45, 7) is 0.0176. The average Bonchev–Trinajstić information content (AvgIpc) is 2.83. The van der Waals surface area contributed by atoms with Gasteiger partial charge in [0, 0.05) is 30.5 Å². The minimum absolute atomic E-state index is 0.0176. The summed E-state index contributed by atoms with van der Waals surface area (Å²) in [4.78, 5) is -2.28. The van der Waals surface area contributed by atoms with Gasteiger partial charge < -0.3 is 21.0 Å². The van der Waals surface area contributed by atoms with E-state index in [2.05, 4.69) is 10.5 Å². The van der Waals surface area contributed by atoms with Gasteiger partial charge in [-0.2, -0.15) is 4.31 Å². The Bertz CT molecular complexity index is 1430. The van der Waals surface area contributed by atoms with E-state index in [1.165, 1.54) is 26.3 Å². The van der Waals surface area contributed by atoms with Gasteiger partial charge in [0.1, 0.15) is 10.6 Å². The quantitative estimate of drug-likeness (QED) is 0.0960. The number of amidine groups is 1. The Morgan fingerprint density at radius 3 is 2.14 bits per heavy atom. The second-order valence-electron chi connectivity index (χ2n) is 7.92. The third-order valence-corrected chi connectivity index (χ3v) is 8.19. The number of halogens is 5. The molecule has 0 bridgehead atoms. The first kappa shape index (κ1) is 28.0. The molecule has 0 atom stereocenters. The van der Waals surface area contributed by atoms with Gasteiger partial charge >= 0.3 is 10.2 Å². The molecule has 202 valence electrons. The lowest BCUT2D eigenvalue weighted by Crippen LogP contribution is -2.27. The lowest BCUT2D eigenvalue weighted by Gasteiger charge is -2.40. The minimum Gasteiger partial charge on any atom is -0.497 e. The van der Waals surface area contributed by atoms with Crippen LogP contribution in [0.25, 0.3) is 0 Å². The zero-order valence-corrected chi connectivity index (χ0v) is 21.0. The van der Waals surface area contributed by atoms with Crippen molar-refractivity contribution in [3.63, 3.8) is 0 Å². The van der Waals surface area contributed by atoms with Crippen LogP contribution in [-0.2, 0) is 16.6 Å². The highest BCUT2D eigenvalue weighted by molar-refractivity contribution is 8.45. The number of benzene rings is 3. The van der Waals surface area contributed by atoms with Gasteiger partial charge in [-0.15, -0.1) is 0 Å². The van der Waals surface area contributed by atoms with Crippen LogP contribution in [0.1, 0.15) is 11.1 Å². The Labute approximate surface area is 209 Å². The van der Waals surface area contributed by atoms with Crippen molar-refractivity contribution in [1.82, 2.24) is 4.31 Å². The lowest BCUT2D eigenvalue weighted by atomic mass is 10.1. The molecule has 37 heavy (non-hydrogen) atoms. The van der Waals surface area contributed by atoms with Crippen molar-refractivity contribution >= 4 is 37.5 Å². The lowest BCUT2D eigenvalue weighted by molar-refractivity contribution is 0.318. The van der Waals surface area contributed by atoms with E-state index in [4.69, 9.17) is 15.7 Å². The molecule has 3 aromatic rings. The number of oxime groups is 1. The summed E-state index contributed by atoms with van der Waals surface area (Å²) in [7, 11) is -11.1. The van der Waals surface area contributed by atoms with E-state index in [1.54, 1.807) is 24.3 Å². The molecule has 0 radical (unpaired) electrons. The van der Waals surface area contributed by atoms with Crippen molar-refractivity contribution in [1.29, 1.82) is 0 Å². The maximum atomic E-state index is 13.1. The Hall–Kier alpha value is -3.56.